The summed E-state index contributed by atoms with van der Waals surface area (Å²) in [5.41, 5.74) is 1.81. The molecule has 0 fully saturated rings. The number of hydrogen-bond donors (Lipinski definition) is 2. The van der Waals surface area contributed by atoms with Gasteiger partial charge in [0.25, 0.3) is 0 Å². The summed E-state index contributed by atoms with van der Waals surface area (Å²) >= 11 is 7.72. The molecular formula is C21H16ClN3O3S. The van der Waals surface area contributed by atoms with E-state index in [2.05, 4.69) is 15.0 Å². The van der Waals surface area contributed by atoms with Crippen LogP contribution in [0, 0.1) is 0 Å². The zero-order valence-electron chi connectivity index (χ0n) is 15.1. The van der Waals surface area contributed by atoms with Crippen LogP contribution in [0.5, 0.6) is 23.0 Å². The second-order valence-corrected chi connectivity index (χ2v) is 7.56. The van der Waals surface area contributed by atoms with Gasteiger partial charge in [0.1, 0.15) is 5.75 Å². The Balaban J connectivity index is 1.38. The van der Waals surface area contributed by atoms with E-state index in [1.54, 1.807) is 6.07 Å². The molecule has 0 saturated heterocycles. The van der Waals surface area contributed by atoms with E-state index in [0.29, 0.717) is 29.0 Å². The first-order chi connectivity index (χ1) is 14.3. The van der Waals surface area contributed by atoms with Crippen molar-refractivity contribution >= 4 is 35.2 Å². The molecule has 2 N–H and O–H groups in total. The summed E-state index contributed by atoms with van der Waals surface area (Å²) in [5.74, 6) is 3.41. The largest absolute Gasteiger partial charge is 0.454 e. The first kappa shape index (κ1) is 18.0. The third-order valence-electron chi connectivity index (χ3n) is 4.43. The number of anilines is 1. The van der Waals surface area contributed by atoms with E-state index in [-0.39, 0.29) is 6.79 Å². The summed E-state index contributed by atoms with van der Waals surface area (Å²) < 4.78 is 20.2. The molecule has 8 heteroatoms. The predicted molar refractivity (Wildman–Crippen MR) is 114 cm³/mol. The van der Waals surface area contributed by atoms with Gasteiger partial charge in [-0.3, -0.25) is 4.72 Å². The number of para-hydroxylation sites is 3. The fourth-order valence-electron chi connectivity index (χ4n) is 3.05. The molecule has 2 aliphatic rings. The highest BCUT2D eigenvalue weighted by molar-refractivity contribution is 7.98. The molecule has 29 heavy (non-hydrogen) atoms. The van der Waals surface area contributed by atoms with Crippen molar-refractivity contribution in [3.8, 4) is 23.0 Å². The molecular weight excluding hydrogens is 410 g/mol. The van der Waals surface area contributed by atoms with Gasteiger partial charge >= 0.3 is 0 Å². The first-order valence-electron chi connectivity index (χ1n) is 8.95. The van der Waals surface area contributed by atoms with Crippen LogP contribution in [0.25, 0.3) is 0 Å². The molecule has 0 aromatic heterocycles. The molecule has 5 rings (SSSR count). The topological polar surface area (TPSA) is 64.1 Å². The molecule has 0 saturated carbocycles. The zero-order valence-corrected chi connectivity index (χ0v) is 16.7. The fraction of sp³-hybridized carbons (Fsp3) is 0.0952. The summed E-state index contributed by atoms with van der Waals surface area (Å²) in [6, 6.07) is 19.0. The Morgan fingerprint density at radius 2 is 1.86 bits per heavy atom. The maximum absolute atomic E-state index is 6.24. The Kier molecular flexibility index (Phi) is 4.83. The van der Waals surface area contributed by atoms with Crippen LogP contribution in [0.4, 0.5) is 5.69 Å². The van der Waals surface area contributed by atoms with Gasteiger partial charge in [-0.25, -0.2) is 4.99 Å². The van der Waals surface area contributed by atoms with Crippen LogP contribution in [0.2, 0.25) is 5.02 Å². The van der Waals surface area contributed by atoms with Crippen LogP contribution in [-0.4, -0.2) is 12.8 Å². The summed E-state index contributed by atoms with van der Waals surface area (Å²) in [4.78, 5) is 5.66. The SMILES string of the molecule is Clc1ccccc1Oc1cccc2c1NC(=NCc1cccc3c1OCO3)NS2. The maximum atomic E-state index is 6.24. The molecule has 2 heterocycles. The Bertz CT molecular complexity index is 1110. The second kappa shape index (κ2) is 7.77. The molecule has 0 amide bonds. The number of hydrogen-bond acceptors (Lipinski definition) is 5. The normalized spacial score (nSPS) is 15.4. The van der Waals surface area contributed by atoms with E-state index >= 15 is 0 Å². The minimum atomic E-state index is 0.241. The molecule has 6 nitrogen and oxygen atoms in total. The van der Waals surface area contributed by atoms with Gasteiger partial charge in [-0.15, -0.1) is 0 Å². The standard InChI is InChI=1S/C21H16ClN3O3S/c22-14-6-1-2-7-15(14)28-16-8-4-10-18-19(16)24-21(25-29-18)23-11-13-5-3-9-17-20(13)27-12-26-17/h1-10H,11-12H2,(H2,23,24,25). The number of nitrogens with zero attached hydrogens (tertiary/aromatic N) is 1. The lowest BCUT2D eigenvalue weighted by molar-refractivity contribution is 0.173. The van der Waals surface area contributed by atoms with E-state index in [0.717, 1.165) is 27.6 Å². The number of fused-ring (bicyclic) bond motifs is 2. The summed E-state index contributed by atoms with van der Waals surface area (Å²) in [5, 5.41) is 3.88. The quantitative estimate of drug-likeness (QED) is 0.543. The minimum Gasteiger partial charge on any atom is -0.454 e. The molecule has 0 spiro atoms. The Morgan fingerprint density at radius 3 is 2.79 bits per heavy atom. The van der Waals surface area contributed by atoms with Crippen molar-refractivity contribution in [3.05, 3.63) is 71.2 Å². The number of rotatable bonds is 4. The van der Waals surface area contributed by atoms with Crippen molar-refractivity contribution in [2.24, 2.45) is 4.99 Å². The number of aliphatic imine (C=N–C) groups is 1. The maximum Gasteiger partial charge on any atom is 0.231 e. The van der Waals surface area contributed by atoms with Gasteiger partial charge in [-0.2, -0.15) is 0 Å². The van der Waals surface area contributed by atoms with Crippen molar-refractivity contribution in [2.75, 3.05) is 12.1 Å². The fourth-order valence-corrected chi connectivity index (χ4v) is 3.95. The molecule has 2 aliphatic heterocycles. The molecule has 3 aromatic rings. The lowest BCUT2D eigenvalue weighted by Gasteiger charge is -2.23. The van der Waals surface area contributed by atoms with Crippen molar-refractivity contribution in [1.82, 2.24) is 4.72 Å². The number of nitrogens with one attached hydrogen (secondary N) is 2. The highest BCUT2D eigenvalue weighted by Crippen LogP contribution is 2.40. The van der Waals surface area contributed by atoms with Gasteiger partial charge in [0.15, 0.2) is 17.2 Å². The average Bonchev–Trinajstić information content (AvgIpc) is 3.23. The second-order valence-electron chi connectivity index (χ2n) is 6.31. The van der Waals surface area contributed by atoms with Crippen LogP contribution in [0.15, 0.2) is 70.6 Å². The minimum absolute atomic E-state index is 0.241. The van der Waals surface area contributed by atoms with Crippen molar-refractivity contribution in [2.45, 2.75) is 11.4 Å². The molecule has 0 bridgehead atoms. The highest BCUT2D eigenvalue weighted by atomic mass is 35.5. The lowest BCUT2D eigenvalue weighted by Crippen LogP contribution is -2.29. The Morgan fingerprint density at radius 1 is 1.00 bits per heavy atom. The average molecular weight is 426 g/mol. The molecule has 0 aliphatic carbocycles. The van der Waals surface area contributed by atoms with Gasteiger partial charge in [0, 0.05) is 5.56 Å². The third kappa shape index (κ3) is 3.66. The Hall–Kier alpha value is -3.03. The van der Waals surface area contributed by atoms with Crippen LogP contribution >= 0.6 is 23.5 Å². The van der Waals surface area contributed by atoms with Gasteiger partial charge in [0.05, 0.1) is 22.2 Å². The lowest BCUT2D eigenvalue weighted by atomic mass is 10.2. The van der Waals surface area contributed by atoms with Gasteiger partial charge in [-0.1, -0.05) is 41.9 Å². The summed E-state index contributed by atoms with van der Waals surface area (Å²) in [6.07, 6.45) is 0. The summed E-state index contributed by atoms with van der Waals surface area (Å²) in [7, 11) is 0. The van der Waals surface area contributed by atoms with Crippen molar-refractivity contribution < 1.29 is 14.2 Å². The number of ether oxygens (including phenoxy) is 3. The summed E-state index contributed by atoms with van der Waals surface area (Å²) in [6.45, 7) is 0.691. The molecule has 146 valence electrons. The Labute approximate surface area is 177 Å². The molecule has 3 aromatic carbocycles. The molecule has 0 atom stereocenters. The zero-order chi connectivity index (χ0) is 19.6. The van der Waals surface area contributed by atoms with Gasteiger partial charge < -0.3 is 19.5 Å². The predicted octanol–water partition coefficient (Wildman–Crippen LogP) is 5.44. The smallest absolute Gasteiger partial charge is 0.231 e. The third-order valence-corrected chi connectivity index (χ3v) is 5.60. The first-order valence-corrected chi connectivity index (χ1v) is 10.1. The highest BCUT2D eigenvalue weighted by Gasteiger charge is 2.20. The van der Waals surface area contributed by atoms with E-state index < -0.39 is 0 Å². The van der Waals surface area contributed by atoms with Crippen LogP contribution < -0.4 is 24.2 Å². The molecule has 0 unspecified atom stereocenters. The number of benzene rings is 3. The van der Waals surface area contributed by atoms with Crippen molar-refractivity contribution in [3.63, 3.8) is 0 Å². The van der Waals surface area contributed by atoms with Crippen LogP contribution in [0.3, 0.4) is 0 Å². The van der Waals surface area contributed by atoms with E-state index in [9.17, 15) is 0 Å². The number of halogens is 1. The monoisotopic (exact) mass is 425 g/mol. The van der Waals surface area contributed by atoms with E-state index in [1.165, 1.54) is 11.9 Å². The molecule has 0 radical (unpaired) electrons. The van der Waals surface area contributed by atoms with Crippen LogP contribution in [0.1, 0.15) is 5.56 Å². The van der Waals surface area contributed by atoms with Gasteiger partial charge in [0.2, 0.25) is 12.8 Å². The van der Waals surface area contributed by atoms with E-state index in [1.807, 2.05) is 54.6 Å². The van der Waals surface area contributed by atoms with Gasteiger partial charge in [-0.05, 0) is 42.3 Å². The van der Waals surface area contributed by atoms with Crippen molar-refractivity contribution in [1.29, 1.82) is 0 Å². The number of guanidine groups is 1. The van der Waals surface area contributed by atoms with Crippen LogP contribution in [-0.2, 0) is 6.54 Å². The van der Waals surface area contributed by atoms with E-state index in [4.69, 9.17) is 25.8 Å².